The van der Waals surface area contributed by atoms with Gasteiger partial charge in [0.1, 0.15) is 5.75 Å². The predicted octanol–water partition coefficient (Wildman–Crippen LogP) is 2.87. The van der Waals surface area contributed by atoms with E-state index < -0.39 is 0 Å². The number of hydrogen-bond donors (Lipinski definition) is 1. The quantitative estimate of drug-likeness (QED) is 0.686. The average Bonchev–Trinajstić information content (AvgIpc) is 2.44. The Morgan fingerprint density at radius 2 is 2.05 bits per heavy atom. The van der Waals surface area contributed by atoms with Crippen LogP contribution >= 0.6 is 11.8 Å². The van der Waals surface area contributed by atoms with E-state index in [9.17, 15) is 4.79 Å². The number of methoxy groups -OCH3 is 1. The number of likely N-dealkylation sites (tertiary alicyclic amines) is 1. The Morgan fingerprint density at radius 1 is 1.38 bits per heavy atom. The minimum atomic E-state index is 0.206. The highest BCUT2D eigenvalue weighted by molar-refractivity contribution is 8.00. The van der Waals surface area contributed by atoms with E-state index in [1.807, 2.05) is 17.0 Å². The lowest BCUT2D eigenvalue weighted by Gasteiger charge is -2.35. The summed E-state index contributed by atoms with van der Waals surface area (Å²) in [5, 5.41) is 0. The standard InChI is InChI=1S/C16H24N2O2S/c1-11-6-12(2)9-18(8-11)16(19)10-21-15-5-4-13(17)7-14(15)20-3/h4-5,7,11-12H,6,8-10,17H2,1-3H3. The van der Waals surface area contributed by atoms with Gasteiger partial charge in [-0.15, -0.1) is 11.8 Å². The minimum Gasteiger partial charge on any atom is -0.496 e. The van der Waals surface area contributed by atoms with Crippen LogP contribution in [0.5, 0.6) is 5.75 Å². The monoisotopic (exact) mass is 308 g/mol. The Balaban J connectivity index is 1.95. The third-order valence-electron chi connectivity index (χ3n) is 3.76. The number of nitrogen functional groups attached to an aromatic ring is 1. The Morgan fingerprint density at radius 3 is 2.67 bits per heavy atom. The van der Waals surface area contributed by atoms with Crippen LogP contribution < -0.4 is 10.5 Å². The fourth-order valence-corrected chi connectivity index (χ4v) is 3.81. The van der Waals surface area contributed by atoms with Crippen molar-refractivity contribution >= 4 is 23.4 Å². The van der Waals surface area contributed by atoms with Crippen LogP contribution in [0, 0.1) is 11.8 Å². The topological polar surface area (TPSA) is 55.6 Å². The van der Waals surface area contributed by atoms with Crippen LogP contribution in [0.25, 0.3) is 0 Å². The summed E-state index contributed by atoms with van der Waals surface area (Å²) in [5.41, 5.74) is 6.41. The molecule has 0 spiro atoms. The van der Waals surface area contributed by atoms with Crippen molar-refractivity contribution in [2.75, 3.05) is 31.7 Å². The molecular weight excluding hydrogens is 284 g/mol. The number of amides is 1. The SMILES string of the molecule is COc1cc(N)ccc1SCC(=O)N1CC(C)CC(C)C1. The molecule has 2 atom stereocenters. The number of ether oxygens (including phenoxy) is 1. The van der Waals surface area contributed by atoms with Gasteiger partial charge in [-0.25, -0.2) is 0 Å². The summed E-state index contributed by atoms with van der Waals surface area (Å²) in [6, 6.07) is 5.53. The maximum absolute atomic E-state index is 12.4. The molecule has 21 heavy (non-hydrogen) atoms. The molecule has 2 unspecified atom stereocenters. The number of carbonyl (C=O) groups is 1. The van der Waals surface area contributed by atoms with Gasteiger partial charge in [-0.3, -0.25) is 4.79 Å². The second-order valence-electron chi connectivity index (χ2n) is 5.94. The molecule has 0 aliphatic carbocycles. The van der Waals surface area contributed by atoms with Gasteiger partial charge < -0.3 is 15.4 Å². The maximum Gasteiger partial charge on any atom is 0.232 e. The summed E-state index contributed by atoms with van der Waals surface area (Å²) >= 11 is 1.51. The lowest BCUT2D eigenvalue weighted by molar-refractivity contribution is -0.130. The summed E-state index contributed by atoms with van der Waals surface area (Å²) in [7, 11) is 1.62. The molecule has 1 fully saturated rings. The molecule has 2 rings (SSSR count). The first-order valence-electron chi connectivity index (χ1n) is 7.33. The van der Waals surface area contributed by atoms with Crippen LogP contribution in [0.3, 0.4) is 0 Å². The van der Waals surface area contributed by atoms with Crippen molar-refractivity contribution in [2.45, 2.75) is 25.2 Å². The number of benzene rings is 1. The van der Waals surface area contributed by atoms with E-state index in [0.29, 0.717) is 23.3 Å². The average molecular weight is 308 g/mol. The van der Waals surface area contributed by atoms with Gasteiger partial charge in [0.15, 0.2) is 0 Å². The molecule has 2 N–H and O–H groups in total. The highest BCUT2D eigenvalue weighted by Crippen LogP contribution is 2.31. The minimum absolute atomic E-state index is 0.206. The molecule has 5 heteroatoms. The van der Waals surface area contributed by atoms with E-state index in [1.54, 1.807) is 13.2 Å². The smallest absolute Gasteiger partial charge is 0.232 e. The van der Waals surface area contributed by atoms with Crippen molar-refractivity contribution in [2.24, 2.45) is 11.8 Å². The Kier molecular flexibility index (Phi) is 5.39. The number of thioether (sulfide) groups is 1. The number of rotatable bonds is 4. The van der Waals surface area contributed by atoms with E-state index in [-0.39, 0.29) is 5.91 Å². The molecule has 0 aromatic heterocycles. The molecule has 1 amide bonds. The van der Waals surface area contributed by atoms with Crippen LogP contribution in [-0.2, 0) is 4.79 Å². The number of nitrogens with two attached hydrogens (primary N) is 1. The number of piperidine rings is 1. The molecule has 116 valence electrons. The van der Waals surface area contributed by atoms with Gasteiger partial charge in [-0.2, -0.15) is 0 Å². The molecule has 1 aromatic carbocycles. The van der Waals surface area contributed by atoms with Crippen molar-refractivity contribution in [3.63, 3.8) is 0 Å². The number of anilines is 1. The van der Waals surface area contributed by atoms with E-state index in [1.165, 1.54) is 18.2 Å². The van der Waals surface area contributed by atoms with Crippen LogP contribution in [0.2, 0.25) is 0 Å². The maximum atomic E-state index is 12.4. The van der Waals surface area contributed by atoms with Crippen LogP contribution in [0.1, 0.15) is 20.3 Å². The normalized spacial score (nSPS) is 22.1. The number of hydrogen-bond acceptors (Lipinski definition) is 4. The van der Waals surface area contributed by atoms with Crippen LogP contribution in [-0.4, -0.2) is 36.8 Å². The largest absolute Gasteiger partial charge is 0.496 e. The molecule has 4 nitrogen and oxygen atoms in total. The molecule has 1 aliphatic rings. The third kappa shape index (κ3) is 4.30. The van der Waals surface area contributed by atoms with Crippen LogP contribution in [0.15, 0.2) is 23.1 Å². The number of carbonyl (C=O) groups excluding carboxylic acids is 1. The molecule has 1 saturated heterocycles. The zero-order valence-electron chi connectivity index (χ0n) is 13.0. The molecule has 0 bridgehead atoms. The first-order valence-corrected chi connectivity index (χ1v) is 8.32. The van der Waals surface area contributed by atoms with Crippen LogP contribution in [0.4, 0.5) is 5.69 Å². The second kappa shape index (κ2) is 7.07. The lowest BCUT2D eigenvalue weighted by Crippen LogP contribution is -2.43. The summed E-state index contributed by atoms with van der Waals surface area (Å²) in [6.45, 7) is 6.18. The first-order chi connectivity index (χ1) is 9.99. The third-order valence-corrected chi connectivity index (χ3v) is 4.80. The van der Waals surface area contributed by atoms with E-state index in [0.717, 1.165) is 23.7 Å². The van der Waals surface area contributed by atoms with Gasteiger partial charge in [-0.05, 0) is 30.4 Å². The fourth-order valence-electron chi connectivity index (χ4n) is 2.90. The van der Waals surface area contributed by atoms with Gasteiger partial charge in [0.05, 0.1) is 12.9 Å². The van der Waals surface area contributed by atoms with Gasteiger partial charge in [0, 0.05) is 29.7 Å². The molecule has 1 aliphatic heterocycles. The van der Waals surface area contributed by atoms with E-state index in [4.69, 9.17) is 10.5 Å². The predicted molar refractivity (Wildman–Crippen MR) is 87.7 cm³/mol. The molecule has 1 aromatic rings. The lowest BCUT2D eigenvalue weighted by atomic mass is 9.92. The molecule has 0 radical (unpaired) electrons. The molecule has 0 saturated carbocycles. The van der Waals surface area contributed by atoms with Gasteiger partial charge in [-0.1, -0.05) is 13.8 Å². The summed E-state index contributed by atoms with van der Waals surface area (Å²) in [5.74, 6) is 2.56. The Hall–Kier alpha value is -1.36. The highest BCUT2D eigenvalue weighted by atomic mass is 32.2. The van der Waals surface area contributed by atoms with Gasteiger partial charge in [0.2, 0.25) is 5.91 Å². The van der Waals surface area contributed by atoms with Gasteiger partial charge in [0.25, 0.3) is 0 Å². The Bertz CT molecular complexity index is 497. The highest BCUT2D eigenvalue weighted by Gasteiger charge is 2.25. The zero-order chi connectivity index (χ0) is 15.4. The van der Waals surface area contributed by atoms with Crippen molar-refractivity contribution in [1.82, 2.24) is 4.90 Å². The Labute approximate surface area is 131 Å². The van der Waals surface area contributed by atoms with Crippen molar-refractivity contribution in [1.29, 1.82) is 0 Å². The second-order valence-corrected chi connectivity index (χ2v) is 6.96. The van der Waals surface area contributed by atoms with Crippen molar-refractivity contribution < 1.29 is 9.53 Å². The van der Waals surface area contributed by atoms with Crippen molar-refractivity contribution in [3.05, 3.63) is 18.2 Å². The van der Waals surface area contributed by atoms with Crippen molar-refractivity contribution in [3.8, 4) is 5.75 Å². The van der Waals surface area contributed by atoms with Gasteiger partial charge >= 0.3 is 0 Å². The van der Waals surface area contributed by atoms with E-state index >= 15 is 0 Å². The summed E-state index contributed by atoms with van der Waals surface area (Å²) in [4.78, 5) is 15.3. The summed E-state index contributed by atoms with van der Waals surface area (Å²) < 4.78 is 5.31. The first kappa shape index (κ1) is 16.0. The number of nitrogens with zero attached hydrogens (tertiary/aromatic N) is 1. The van der Waals surface area contributed by atoms with E-state index in [2.05, 4.69) is 13.8 Å². The fraction of sp³-hybridized carbons (Fsp3) is 0.562. The zero-order valence-corrected chi connectivity index (χ0v) is 13.8. The summed E-state index contributed by atoms with van der Waals surface area (Å²) in [6.07, 6.45) is 1.21. The molecular formula is C16H24N2O2S. The molecule has 1 heterocycles.